The van der Waals surface area contributed by atoms with Gasteiger partial charge in [-0.05, 0) is 146 Å². The Labute approximate surface area is 365 Å². The monoisotopic (exact) mass is 827 g/mol. The molecule has 308 valence electrons. The number of para-hydroxylation sites is 2. The van der Waals surface area contributed by atoms with Gasteiger partial charge in [0.2, 0.25) is 5.69 Å². The minimum atomic E-state index is -4.65. The number of fused-ring (bicyclic) bond motifs is 6. The maximum Gasteiger partial charge on any atom is 0.417 e. The molecule has 0 aliphatic rings. The SMILES string of the molecule is [C-]#[N+]c1c(-n2c3ccccc3c3ccc(-c4c(C)cc(C)cc4C)cc32)ccc(-c2c(C)cccc2C(F)(F)F)c1-n1c2ccccc2c2ccc(-c3c(C)cc(C)cc3C)cc21. The van der Waals surface area contributed by atoms with Crippen LogP contribution >= 0.6 is 0 Å². The molecule has 0 radical (unpaired) electrons. The molecule has 6 heteroatoms. The normalized spacial score (nSPS) is 12.0. The highest BCUT2D eigenvalue weighted by Gasteiger charge is 2.36. The van der Waals surface area contributed by atoms with Gasteiger partial charge in [-0.1, -0.05) is 114 Å². The molecule has 0 atom stereocenters. The number of benzene rings is 8. The first-order valence-corrected chi connectivity index (χ1v) is 21.2. The van der Waals surface area contributed by atoms with Crippen molar-refractivity contribution in [2.45, 2.75) is 54.6 Å². The Hall–Kier alpha value is -7.36. The summed E-state index contributed by atoms with van der Waals surface area (Å²) in [6.07, 6.45) is -4.65. The van der Waals surface area contributed by atoms with Crippen LogP contribution in [0.5, 0.6) is 0 Å². The molecule has 10 aromatic rings. The summed E-state index contributed by atoms with van der Waals surface area (Å²) in [5.41, 5.74) is 16.0. The molecule has 0 saturated heterocycles. The third-order valence-electron chi connectivity index (χ3n) is 12.8. The van der Waals surface area contributed by atoms with Gasteiger partial charge in [-0.15, -0.1) is 0 Å². The molecular formula is C57H44F3N3. The molecule has 0 aliphatic heterocycles. The van der Waals surface area contributed by atoms with Crippen molar-refractivity contribution in [3.05, 3.63) is 195 Å². The molecular weight excluding hydrogens is 784 g/mol. The van der Waals surface area contributed by atoms with Gasteiger partial charge in [0.25, 0.3) is 0 Å². The van der Waals surface area contributed by atoms with Crippen LogP contribution in [0.2, 0.25) is 0 Å². The van der Waals surface area contributed by atoms with Gasteiger partial charge in [-0.2, -0.15) is 13.2 Å². The minimum Gasteiger partial charge on any atom is -0.319 e. The molecule has 0 fully saturated rings. The van der Waals surface area contributed by atoms with Crippen LogP contribution in [-0.2, 0) is 6.18 Å². The van der Waals surface area contributed by atoms with Crippen molar-refractivity contribution in [1.82, 2.24) is 9.13 Å². The molecule has 0 bridgehead atoms. The summed E-state index contributed by atoms with van der Waals surface area (Å²) >= 11 is 0. The Morgan fingerprint density at radius 2 is 0.921 bits per heavy atom. The van der Waals surface area contributed by atoms with Crippen molar-refractivity contribution in [2.24, 2.45) is 0 Å². The fourth-order valence-electron chi connectivity index (χ4n) is 10.6. The van der Waals surface area contributed by atoms with Crippen LogP contribution in [0.1, 0.15) is 44.5 Å². The van der Waals surface area contributed by atoms with E-state index < -0.39 is 11.7 Å². The van der Waals surface area contributed by atoms with Gasteiger partial charge in [0.1, 0.15) is 0 Å². The van der Waals surface area contributed by atoms with E-state index >= 15 is 13.2 Å². The number of hydrogen-bond acceptors (Lipinski definition) is 0. The van der Waals surface area contributed by atoms with E-state index in [2.05, 4.69) is 130 Å². The van der Waals surface area contributed by atoms with E-state index in [-0.39, 0.29) is 11.3 Å². The van der Waals surface area contributed by atoms with Crippen LogP contribution in [-0.4, -0.2) is 9.13 Å². The van der Waals surface area contributed by atoms with Gasteiger partial charge in [0.05, 0.1) is 45.6 Å². The Morgan fingerprint density at radius 3 is 1.43 bits per heavy atom. The zero-order chi connectivity index (χ0) is 44.1. The van der Waals surface area contributed by atoms with Gasteiger partial charge < -0.3 is 9.13 Å². The van der Waals surface area contributed by atoms with Crippen molar-refractivity contribution >= 4 is 49.3 Å². The molecule has 0 unspecified atom stereocenters. The van der Waals surface area contributed by atoms with Crippen LogP contribution in [0.25, 0.3) is 93.2 Å². The van der Waals surface area contributed by atoms with Gasteiger partial charge in [0, 0.05) is 21.5 Å². The van der Waals surface area contributed by atoms with Crippen LogP contribution < -0.4 is 0 Å². The number of aromatic nitrogens is 2. The lowest BCUT2D eigenvalue weighted by Crippen LogP contribution is -2.10. The standard InChI is InChI=1S/C57H44F3N3/c1-32-26-35(4)52(36(5)27-32)39-20-22-43-41-15-9-11-18-47(41)62(50(43)30-39)49-25-24-45(54-34(3)14-13-17-46(54)57(58,59)60)56(55(49)61-8)63-48-19-12-10-16-42(48)44-23-21-40(31-51(44)63)53-37(6)28-33(2)29-38(53)7/h9-31H,1-7H3. The molecule has 2 heterocycles. The molecule has 63 heavy (non-hydrogen) atoms. The third kappa shape index (κ3) is 6.25. The zero-order valence-electron chi connectivity index (χ0n) is 36.3. The first-order valence-electron chi connectivity index (χ1n) is 21.2. The quantitative estimate of drug-likeness (QED) is 0.154. The van der Waals surface area contributed by atoms with E-state index in [1.807, 2.05) is 41.0 Å². The average Bonchev–Trinajstić information content (AvgIpc) is 3.74. The fraction of sp³-hybridized carbons (Fsp3) is 0.140. The third-order valence-corrected chi connectivity index (χ3v) is 12.8. The predicted octanol–water partition coefficient (Wildman–Crippen LogP) is 16.6. The van der Waals surface area contributed by atoms with E-state index in [0.717, 1.165) is 83.1 Å². The second-order valence-corrected chi connectivity index (χ2v) is 17.2. The van der Waals surface area contributed by atoms with Crippen molar-refractivity contribution < 1.29 is 13.2 Å². The smallest absolute Gasteiger partial charge is 0.319 e. The van der Waals surface area contributed by atoms with E-state index in [0.29, 0.717) is 22.5 Å². The maximum atomic E-state index is 15.3. The van der Waals surface area contributed by atoms with Gasteiger partial charge in [0.15, 0.2) is 0 Å². The van der Waals surface area contributed by atoms with Gasteiger partial charge in [-0.3, -0.25) is 0 Å². The summed E-state index contributed by atoms with van der Waals surface area (Å²) in [4.78, 5) is 4.38. The van der Waals surface area contributed by atoms with E-state index in [9.17, 15) is 0 Å². The Morgan fingerprint density at radius 1 is 0.444 bits per heavy atom. The Balaban J connectivity index is 1.38. The fourth-order valence-corrected chi connectivity index (χ4v) is 10.6. The lowest BCUT2D eigenvalue weighted by atomic mass is 9.91. The van der Waals surface area contributed by atoms with Crippen LogP contribution in [0.15, 0.2) is 140 Å². The first-order chi connectivity index (χ1) is 30.2. The highest BCUT2D eigenvalue weighted by molar-refractivity contribution is 6.14. The van der Waals surface area contributed by atoms with Crippen molar-refractivity contribution in [1.29, 1.82) is 0 Å². The topological polar surface area (TPSA) is 14.2 Å². The number of nitrogens with zero attached hydrogens (tertiary/aromatic N) is 3. The van der Waals surface area contributed by atoms with E-state index in [4.69, 9.17) is 6.57 Å². The molecule has 0 saturated carbocycles. The van der Waals surface area contributed by atoms with E-state index in [1.165, 1.54) is 28.3 Å². The number of rotatable bonds is 5. The molecule has 0 aliphatic carbocycles. The predicted molar refractivity (Wildman–Crippen MR) is 256 cm³/mol. The summed E-state index contributed by atoms with van der Waals surface area (Å²) < 4.78 is 50.0. The van der Waals surface area contributed by atoms with Crippen molar-refractivity contribution in [3.8, 4) is 44.8 Å². The number of aryl methyl sites for hydroxylation is 7. The molecule has 3 nitrogen and oxygen atoms in total. The lowest BCUT2D eigenvalue weighted by Gasteiger charge is -2.23. The molecule has 0 spiro atoms. The highest BCUT2D eigenvalue weighted by Crippen LogP contribution is 2.49. The maximum absolute atomic E-state index is 15.3. The van der Waals surface area contributed by atoms with E-state index in [1.54, 1.807) is 19.1 Å². The summed E-state index contributed by atoms with van der Waals surface area (Å²) in [5.74, 6) is 0. The molecule has 0 N–H and O–H groups in total. The molecule has 0 amide bonds. The van der Waals surface area contributed by atoms with Crippen LogP contribution in [0.4, 0.5) is 18.9 Å². The summed E-state index contributed by atoms with van der Waals surface area (Å²) in [7, 11) is 0. The Kier molecular flexibility index (Phi) is 9.24. The largest absolute Gasteiger partial charge is 0.417 e. The summed E-state index contributed by atoms with van der Waals surface area (Å²) in [6, 6.07) is 45.8. The molecule has 8 aromatic carbocycles. The highest BCUT2D eigenvalue weighted by atomic mass is 19.4. The van der Waals surface area contributed by atoms with Gasteiger partial charge >= 0.3 is 6.18 Å². The second kappa shape index (κ2) is 14.6. The number of halogens is 3. The number of hydrogen-bond donors (Lipinski definition) is 0. The van der Waals surface area contributed by atoms with Crippen LogP contribution in [0, 0.1) is 55.0 Å². The molecule has 2 aromatic heterocycles. The van der Waals surface area contributed by atoms with Crippen molar-refractivity contribution in [3.63, 3.8) is 0 Å². The number of alkyl halides is 3. The lowest BCUT2D eigenvalue weighted by molar-refractivity contribution is -0.137. The molecule has 10 rings (SSSR count). The zero-order valence-corrected chi connectivity index (χ0v) is 36.3. The summed E-state index contributed by atoms with van der Waals surface area (Å²) in [6.45, 7) is 23.6. The second-order valence-electron chi connectivity index (χ2n) is 17.2. The summed E-state index contributed by atoms with van der Waals surface area (Å²) in [5, 5.41) is 3.91. The minimum absolute atomic E-state index is 0.0542. The van der Waals surface area contributed by atoms with Crippen molar-refractivity contribution in [2.75, 3.05) is 0 Å². The average molecular weight is 828 g/mol. The Bertz CT molecular complexity index is 3540. The van der Waals surface area contributed by atoms with Gasteiger partial charge in [-0.25, -0.2) is 4.85 Å². The van der Waals surface area contributed by atoms with Crippen LogP contribution in [0.3, 0.4) is 0 Å². The first kappa shape index (κ1) is 39.8.